The van der Waals surface area contributed by atoms with E-state index in [9.17, 15) is 4.39 Å². The lowest BCUT2D eigenvalue weighted by atomic mass is 9.83. The second-order valence-electron chi connectivity index (χ2n) is 5.33. The van der Waals surface area contributed by atoms with Crippen molar-refractivity contribution < 1.29 is 9.13 Å². The number of halogens is 1. The van der Waals surface area contributed by atoms with E-state index in [0.717, 1.165) is 25.7 Å². The first kappa shape index (κ1) is 14.0. The van der Waals surface area contributed by atoms with Gasteiger partial charge in [0.15, 0.2) is 0 Å². The van der Waals surface area contributed by atoms with E-state index in [4.69, 9.17) is 15.7 Å². The summed E-state index contributed by atoms with van der Waals surface area (Å²) < 4.78 is 19.2. The van der Waals surface area contributed by atoms with E-state index in [2.05, 4.69) is 0 Å². The van der Waals surface area contributed by atoms with E-state index >= 15 is 0 Å². The van der Waals surface area contributed by atoms with Crippen LogP contribution in [0.25, 0.3) is 0 Å². The highest BCUT2D eigenvalue weighted by atomic mass is 19.1. The fourth-order valence-electron chi connectivity index (χ4n) is 2.50. The minimum Gasteiger partial charge on any atom is -0.375 e. The average molecular weight is 262 g/mol. The predicted octanol–water partition coefficient (Wildman–Crippen LogP) is 2.88. The highest BCUT2D eigenvalue weighted by molar-refractivity contribution is 5.32. The number of rotatable bonds is 4. The molecule has 1 aliphatic carbocycles. The van der Waals surface area contributed by atoms with Gasteiger partial charge in [-0.1, -0.05) is 25.3 Å². The van der Waals surface area contributed by atoms with E-state index < -0.39 is 5.82 Å². The molecule has 0 saturated heterocycles. The molecule has 1 aliphatic rings. The Morgan fingerprint density at radius 3 is 2.68 bits per heavy atom. The first-order chi connectivity index (χ1) is 9.13. The Balaban J connectivity index is 1.87. The number of hydrogen-bond donors (Lipinski definition) is 1. The number of nitrogens with zero attached hydrogens (tertiary/aromatic N) is 1. The quantitative estimate of drug-likeness (QED) is 0.907. The third-order valence-corrected chi connectivity index (χ3v) is 3.68. The van der Waals surface area contributed by atoms with Gasteiger partial charge in [0.2, 0.25) is 0 Å². The van der Waals surface area contributed by atoms with Gasteiger partial charge in [-0.3, -0.25) is 0 Å². The molecule has 1 fully saturated rings. The standard InChI is InChI=1S/C15H19FN2O/c16-14-8-12(9-17)4-5-13(14)10-19-11-15(18)6-2-1-3-7-15/h4-5,8H,1-3,6-7,10-11,18H2. The van der Waals surface area contributed by atoms with Crippen LogP contribution in [-0.2, 0) is 11.3 Å². The van der Waals surface area contributed by atoms with Crippen molar-refractivity contribution in [2.45, 2.75) is 44.2 Å². The second-order valence-corrected chi connectivity index (χ2v) is 5.33. The SMILES string of the molecule is N#Cc1ccc(COCC2(N)CCCCC2)c(F)c1. The molecule has 1 saturated carbocycles. The van der Waals surface area contributed by atoms with Crippen LogP contribution in [0.3, 0.4) is 0 Å². The molecule has 102 valence electrons. The highest BCUT2D eigenvalue weighted by Gasteiger charge is 2.27. The molecule has 0 amide bonds. The Bertz CT molecular complexity index is 476. The van der Waals surface area contributed by atoms with Gasteiger partial charge in [0.25, 0.3) is 0 Å². The summed E-state index contributed by atoms with van der Waals surface area (Å²) in [7, 11) is 0. The van der Waals surface area contributed by atoms with Crippen LogP contribution in [0.15, 0.2) is 18.2 Å². The van der Waals surface area contributed by atoms with Crippen LogP contribution in [0.5, 0.6) is 0 Å². The average Bonchev–Trinajstić information content (AvgIpc) is 2.41. The molecule has 19 heavy (non-hydrogen) atoms. The van der Waals surface area contributed by atoms with Gasteiger partial charge in [0.05, 0.1) is 24.8 Å². The van der Waals surface area contributed by atoms with Gasteiger partial charge in [-0.2, -0.15) is 5.26 Å². The summed E-state index contributed by atoms with van der Waals surface area (Å²) in [5.74, 6) is -0.395. The number of nitrogens with two attached hydrogens (primary N) is 1. The third kappa shape index (κ3) is 3.76. The molecule has 1 aromatic carbocycles. The Morgan fingerprint density at radius 2 is 2.05 bits per heavy atom. The topological polar surface area (TPSA) is 59.0 Å². The molecular weight excluding hydrogens is 243 g/mol. The van der Waals surface area contributed by atoms with Crippen LogP contribution in [0.2, 0.25) is 0 Å². The summed E-state index contributed by atoms with van der Waals surface area (Å²) in [6.07, 6.45) is 5.48. The lowest BCUT2D eigenvalue weighted by Gasteiger charge is -2.33. The number of ether oxygens (including phenoxy) is 1. The fourth-order valence-corrected chi connectivity index (χ4v) is 2.50. The maximum Gasteiger partial charge on any atom is 0.130 e. The van der Waals surface area contributed by atoms with Crippen molar-refractivity contribution in [3.63, 3.8) is 0 Å². The molecule has 0 bridgehead atoms. The summed E-state index contributed by atoms with van der Waals surface area (Å²) >= 11 is 0. The van der Waals surface area contributed by atoms with E-state index in [0.29, 0.717) is 17.7 Å². The molecule has 2 rings (SSSR count). The summed E-state index contributed by atoms with van der Waals surface area (Å²) in [6.45, 7) is 0.670. The van der Waals surface area contributed by atoms with Crippen molar-refractivity contribution in [2.75, 3.05) is 6.61 Å². The smallest absolute Gasteiger partial charge is 0.130 e. The summed E-state index contributed by atoms with van der Waals surface area (Å²) in [5, 5.41) is 8.67. The van der Waals surface area contributed by atoms with Gasteiger partial charge in [0, 0.05) is 11.1 Å². The molecular formula is C15H19FN2O. The Morgan fingerprint density at radius 1 is 1.32 bits per heavy atom. The van der Waals surface area contributed by atoms with E-state index in [1.807, 2.05) is 6.07 Å². The summed E-state index contributed by atoms with van der Waals surface area (Å²) in [6, 6.07) is 6.33. The number of hydrogen-bond acceptors (Lipinski definition) is 3. The van der Waals surface area contributed by atoms with E-state index in [1.165, 1.54) is 12.5 Å². The van der Waals surface area contributed by atoms with Crippen molar-refractivity contribution in [1.82, 2.24) is 0 Å². The molecule has 4 heteroatoms. The molecule has 0 radical (unpaired) electrons. The summed E-state index contributed by atoms with van der Waals surface area (Å²) in [4.78, 5) is 0. The number of benzene rings is 1. The van der Waals surface area contributed by atoms with Crippen LogP contribution in [0.1, 0.15) is 43.2 Å². The van der Waals surface area contributed by atoms with Crippen LogP contribution in [0.4, 0.5) is 4.39 Å². The normalized spacial score (nSPS) is 17.9. The molecule has 0 aromatic heterocycles. The van der Waals surface area contributed by atoms with Crippen molar-refractivity contribution in [2.24, 2.45) is 5.73 Å². The minimum absolute atomic E-state index is 0.205. The van der Waals surface area contributed by atoms with Gasteiger partial charge >= 0.3 is 0 Å². The maximum absolute atomic E-state index is 13.6. The van der Waals surface area contributed by atoms with E-state index in [-0.39, 0.29) is 12.1 Å². The zero-order valence-electron chi connectivity index (χ0n) is 11.0. The molecule has 0 heterocycles. The predicted molar refractivity (Wildman–Crippen MR) is 70.8 cm³/mol. The van der Waals surface area contributed by atoms with Crippen molar-refractivity contribution >= 4 is 0 Å². The first-order valence-corrected chi connectivity index (χ1v) is 6.68. The lowest BCUT2D eigenvalue weighted by molar-refractivity contribution is 0.0560. The van der Waals surface area contributed by atoms with Gasteiger partial charge < -0.3 is 10.5 Å². The van der Waals surface area contributed by atoms with Crippen LogP contribution in [-0.4, -0.2) is 12.1 Å². The van der Waals surface area contributed by atoms with Gasteiger partial charge in [-0.05, 0) is 25.0 Å². The van der Waals surface area contributed by atoms with Crippen molar-refractivity contribution in [1.29, 1.82) is 5.26 Å². The largest absolute Gasteiger partial charge is 0.375 e. The number of nitriles is 1. The molecule has 0 aliphatic heterocycles. The molecule has 1 aromatic rings. The van der Waals surface area contributed by atoms with Crippen molar-refractivity contribution in [3.05, 3.63) is 35.1 Å². The van der Waals surface area contributed by atoms with E-state index in [1.54, 1.807) is 12.1 Å². The van der Waals surface area contributed by atoms with Gasteiger partial charge in [-0.25, -0.2) is 4.39 Å². The Hall–Kier alpha value is -1.44. The lowest BCUT2D eigenvalue weighted by Crippen LogP contribution is -2.46. The minimum atomic E-state index is -0.395. The molecule has 0 unspecified atom stereocenters. The van der Waals surface area contributed by atoms with Gasteiger partial charge in [-0.15, -0.1) is 0 Å². The molecule has 0 atom stereocenters. The van der Waals surface area contributed by atoms with Crippen molar-refractivity contribution in [3.8, 4) is 6.07 Å². The fraction of sp³-hybridized carbons (Fsp3) is 0.533. The van der Waals surface area contributed by atoms with Gasteiger partial charge in [0.1, 0.15) is 5.82 Å². The molecule has 2 N–H and O–H groups in total. The third-order valence-electron chi connectivity index (χ3n) is 3.68. The van der Waals surface area contributed by atoms with Crippen LogP contribution in [0, 0.1) is 17.1 Å². The van der Waals surface area contributed by atoms with Crippen LogP contribution < -0.4 is 5.73 Å². The first-order valence-electron chi connectivity index (χ1n) is 6.68. The zero-order chi connectivity index (χ0) is 13.7. The van der Waals surface area contributed by atoms with Crippen LogP contribution >= 0.6 is 0 Å². The monoisotopic (exact) mass is 262 g/mol. The Kier molecular flexibility index (Phi) is 4.52. The maximum atomic E-state index is 13.6. The molecule has 0 spiro atoms. The molecule has 3 nitrogen and oxygen atoms in total. The Labute approximate surface area is 113 Å². The second kappa shape index (κ2) is 6.14. The zero-order valence-corrected chi connectivity index (χ0v) is 11.0. The summed E-state index contributed by atoms with van der Waals surface area (Å²) in [5.41, 5.74) is 6.79. The highest BCUT2D eigenvalue weighted by Crippen LogP contribution is 2.26.